The average Bonchev–Trinajstić information content (AvgIpc) is 3.01. The lowest BCUT2D eigenvalue weighted by atomic mass is 10.1. The van der Waals surface area contributed by atoms with Crippen molar-refractivity contribution in [3.05, 3.63) is 0 Å². The molecule has 2 aliphatic heterocycles. The summed E-state index contributed by atoms with van der Waals surface area (Å²) in [6.45, 7) is 4.01. The lowest BCUT2D eigenvalue weighted by Crippen LogP contribution is -2.39. The van der Waals surface area contributed by atoms with E-state index >= 15 is 0 Å². The van der Waals surface area contributed by atoms with Gasteiger partial charge in [0.25, 0.3) is 5.24 Å². The van der Waals surface area contributed by atoms with E-state index in [9.17, 15) is 9.59 Å². The summed E-state index contributed by atoms with van der Waals surface area (Å²) in [5.41, 5.74) is 0. The van der Waals surface area contributed by atoms with Crippen LogP contribution in [-0.4, -0.2) is 65.5 Å². The molecule has 106 valence electrons. The van der Waals surface area contributed by atoms with Gasteiger partial charge in [-0.2, -0.15) is 0 Å². The predicted molar refractivity (Wildman–Crippen MR) is 75.1 cm³/mol. The van der Waals surface area contributed by atoms with Crippen molar-refractivity contribution in [2.75, 3.05) is 38.5 Å². The van der Waals surface area contributed by atoms with Crippen LogP contribution in [0.5, 0.6) is 0 Å². The van der Waals surface area contributed by atoms with Gasteiger partial charge in [0.2, 0.25) is 5.91 Å². The zero-order valence-corrected chi connectivity index (χ0v) is 12.0. The van der Waals surface area contributed by atoms with Crippen LogP contribution in [0.2, 0.25) is 0 Å². The van der Waals surface area contributed by atoms with Crippen LogP contribution < -0.4 is 5.32 Å². The molecule has 3 rings (SSSR count). The molecule has 0 aromatic heterocycles. The van der Waals surface area contributed by atoms with E-state index in [1.165, 1.54) is 37.6 Å². The van der Waals surface area contributed by atoms with Crippen LogP contribution in [0.25, 0.3) is 0 Å². The monoisotopic (exact) mass is 283 g/mol. The highest BCUT2D eigenvalue weighted by molar-refractivity contribution is 8.13. The minimum atomic E-state index is -0.0132. The minimum absolute atomic E-state index is 0.0132. The van der Waals surface area contributed by atoms with Gasteiger partial charge in [0.15, 0.2) is 0 Å². The maximum atomic E-state index is 11.8. The third kappa shape index (κ3) is 3.42. The summed E-state index contributed by atoms with van der Waals surface area (Å²) in [6, 6.07) is 0.833. The summed E-state index contributed by atoms with van der Waals surface area (Å²) >= 11 is 1.30. The second-order valence-corrected chi connectivity index (χ2v) is 6.77. The molecule has 6 heteroatoms. The van der Waals surface area contributed by atoms with Gasteiger partial charge in [0.05, 0.1) is 0 Å². The van der Waals surface area contributed by atoms with Crippen LogP contribution in [0.15, 0.2) is 0 Å². The number of hydrogen-bond acceptors (Lipinski definition) is 4. The van der Waals surface area contributed by atoms with Gasteiger partial charge in [-0.15, -0.1) is 0 Å². The number of hydrogen-bond donors (Lipinski definition) is 1. The number of amides is 2. The van der Waals surface area contributed by atoms with Crippen LogP contribution in [0.4, 0.5) is 4.79 Å². The van der Waals surface area contributed by atoms with Crippen LogP contribution in [-0.2, 0) is 4.79 Å². The molecule has 3 fully saturated rings. The predicted octanol–water partition coefficient (Wildman–Crippen LogP) is 0.756. The molecule has 0 spiro atoms. The Bertz CT molecular complexity index is 373. The van der Waals surface area contributed by atoms with E-state index in [2.05, 4.69) is 10.2 Å². The number of rotatable bonds is 5. The minimum Gasteiger partial charge on any atom is -0.354 e. The Morgan fingerprint density at radius 3 is 2.84 bits per heavy atom. The van der Waals surface area contributed by atoms with Crippen molar-refractivity contribution < 1.29 is 9.59 Å². The van der Waals surface area contributed by atoms with E-state index in [0.29, 0.717) is 12.5 Å². The molecular formula is C13H21N3O2S. The molecular weight excluding hydrogens is 262 g/mol. The third-order valence-electron chi connectivity index (χ3n) is 4.15. The number of thioether (sulfide) groups is 1. The molecule has 3 aliphatic rings. The molecule has 0 aromatic carbocycles. The quantitative estimate of drug-likeness (QED) is 0.809. The number of likely N-dealkylation sites (tertiary alicyclic amines) is 1. The highest BCUT2D eigenvalue weighted by atomic mass is 32.2. The normalized spacial score (nSPS) is 28.1. The summed E-state index contributed by atoms with van der Waals surface area (Å²) < 4.78 is 0. The molecule has 5 nitrogen and oxygen atoms in total. The molecule has 2 saturated heterocycles. The zero-order valence-electron chi connectivity index (χ0n) is 11.1. The van der Waals surface area contributed by atoms with E-state index in [4.69, 9.17) is 0 Å². The van der Waals surface area contributed by atoms with E-state index in [1.807, 2.05) is 0 Å². The molecule has 19 heavy (non-hydrogen) atoms. The number of carbonyl (C=O) groups excluding carboxylic acids is 2. The van der Waals surface area contributed by atoms with Crippen molar-refractivity contribution in [2.24, 2.45) is 5.92 Å². The first-order chi connectivity index (χ1) is 9.22. The Kier molecular flexibility index (Phi) is 3.98. The zero-order chi connectivity index (χ0) is 13.2. The summed E-state index contributed by atoms with van der Waals surface area (Å²) in [6.07, 6.45) is 3.90. The first kappa shape index (κ1) is 13.2. The van der Waals surface area contributed by atoms with Gasteiger partial charge >= 0.3 is 0 Å². The van der Waals surface area contributed by atoms with Crippen molar-refractivity contribution in [3.8, 4) is 0 Å². The number of carbonyl (C=O) groups is 2. The summed E-state index contributed by atoms with van der Waals surface area (Å²) in [5, 5.41) is 3.02. The summed E-state index contributed by atoms with van der Waals surface area (Å²) in [5.74, 6) is 1.39. The standard InChI is InChI=1S/C13H21N3O2S/c17-12(9-16-5-6-19-13(16)18)14-7-10-3-4-15(8-10)11-1-2-11/h10-11H,1-9H2,(H,14,17)/t10-/m1/s1. The Morgan fingerprint density at radius 2 is 2.16 bits per heavy atom. The van der Waals surface area contributed by atoms with Crippen molar-refractivity contribution in [2.45, 2.75) is 25.3 Å². The lowest BCUT2D eigenvalue weighted by molar-refractivity contribution is -0.121. The van der Waals surface area contributed by atoms with Crippen molar-refractivity contribution in [1.29, 1.82) is 0 Å². The van der Waals surface area contributed by atoms with Crippen LogP contribution >= 0.6 is 11.8 Å². The SMILES string of the molecule is O=C(CN1CCSC1=O)NC[C@H]1CCN(C2CC2)C1. The summed E-state index contributed by atoms with van der Waals surface area (Å²) in [4.78, 5) is 27.4. The van der Waals surface area contributed by atoms with Gasteiger partial charge < -0.3 is 15.1 Å². The van der Waals surface area contributed by atoms with Gasteiger partial charge in [-0.3, -0.25) is 9.59 Å². The molecule has 1 N–H and O–H groups in total. The Labute approximate surface area is 118 Å². The van der Waals surface area contributed by atoms with E-state index in [1.54, 1.807) is 4.90 Å². The van der Waals surface area contributed by atoms with Crippen LogP contribution in [0.3, 0.4) is 0 Å². The molecule has 2 amide bonds. The van der Waals surface area contributed by atoms with Gasteiger partial charge in [-0.25, -0.2) is 0 Å². The fourth-order valence-electron chi connectivity index (χ4n) is 2.86. The fraction of sp³-hybridized carbons (Fsp3) is 0.846. The largest absolute Gasteiger partial charge is 0.354 e. The molecule has 0 unspecified atom stereocenters. The molecule has 1 aliphatic carbocycles. The highest BCUT2D eigenvalue weighted by Crippen LogP contribution is 2.31. The van der Waals surface area contributed by atoms with Crippen LogP contribution in [0.1, 0.15) is 19.3 Å². The topological polar surface area (TPSA) is 52.7 Å². The Hall–Kier alpha value is -0.750. The first-order valence-electron chi connectivity index (χ1n) is 7.15. The first-order valence-corrected chi connectivity index (χ1v) is 8.13. The molecule has 1 atom stereocenters. The Balaban J connectivity index is 1.35. The van der Waals surface area contributed by atoms with Crippen molar-refractivity contribution >= 4 is 22.9 Å². The van der Waals surface area contributed by atoms with E-state index < -0.39 is 0 Å². The van der Waals surface area contributed by atoms with E-state index in [0.717, 1.165) is 24.9 Å². The number of nitrogens with zero attached hydrogens (tertiary/aromatic N) is 2. The molecule has 0 radical (unpaired) electrons. The highest BCUT2D eigenvalue weighted by Gasteiger charge is 2.34. The lowest BCUT2D eigenvalue weighted by Gasteiger charge is -2.17. The smallest absolute Gasteiger partial charge is 0.282 e. The van der Waals surface area contributed by atoms with Crippen LogP contribution in [0, 0.1) is 5.92 Å². The average molecular weight is 283 g/mol. The molecule has 1 saturated carbocycles. The fourth-order valence-corrected chi connectivity index (χ4v) is 3.68. The second kappa shape index (κ2) is 5.71. The number of nitrogens with one attached hydrogen (secondary N) is 1. The van der Waals surface area contributed by atoms with Crippen molar-refractivity contribution in [3.63, 3.8) is 0 Å². The maximum Gasteiger partial charge on any atom is 0.282 e. The molecule has 0 aromatic rings. The maximum absolute atomic E-state index is 11.8. The van der Waals surface area contributed by atoms with Gasteiger partial charge in [0.1, 0.15) is 6.54 Å². The van der Waals surface area contributed by atoms with Gasteiger partial charge in [-0.05, 0) is 31.7 Å². The van der Waals surface area contributed by atoms with Gasteiger partial charge in [0, 0.05) is 31.4 Å². The second-order valence-electron chi connectivity index (χ2n) is 5.72. The van der Waals surface area contributed by atoms with Gasteiger partial charge in [-0.1, -0.05) is 11.8 Å². The Morgan fingerprint density at radius 1 is 1.32 bits per heavy atom. The molecule has 2 heterocycles. The summed E-state index contributed by atoms with van der Waals surface area (Å²) in [7, 11) is 0. The molecule has 0 bridgehead atoms. The van der Waals surface area contributed by atoms with Crippen molar-refractivity contribution in [1.82, 2.24) is 15.1 Å². The third-order valence-corrected chi connectivity index (χ3v) is 5.04. The van der Waals surface area contributed by atoms with E-state index in [-0.39, 0.29) is 17.7 Å².